The van der Waals surface area contributed by atoms with Crippen LogP contribution in [0.1, 0.15) is 40.5 Å². The van der Waals surface area contributed by atoms with Crippen LogP contribution in [0.2, 0.25) is 0 Å². The lowest BCUT2D eigenvalue weighted by Gasteiger charge is -2.34. The lowest BCUT2D eigenvalue weighted by molar-refractivity contribution is -0.139. The number of nitrogens with zero attached hydrogens (tertiary/aromatic N) is 1. The summed E-state index contributed by atoms with van der Waals surface area (Å²) in [5.41, 5.74) is -0.691. The topological polar surface area (TPSA) is 69.6 Å². The number of thioether (sulfide) groups is 1. The van der Waals surface area contributed by atoms with E-state index in [1.54, 1.807) is 37.4 Å². The fourth-order valence-electron chi connectivity index (χ4n) is 2.52. The fraction of sp³-hybridized carbons (Fsp3) is 0.846. The van der Waals surface area contributed by atoms with E-state index in [0.717, 1.165) is 6.42 Å². The van der Waals surface area contributed by atoms with Crippen LogP contribution in [0.5, 0.6) is 0 Å². The second kappa shape index (κ2) is 4.66. The molecule has 5 nitrogen and oxygen atoms in total. The third-order valence-electron chi connectivity index (χ3n) is 4.24. The fourth-order valence-corrected chi connectivity index (χ4v) is 3.95. The van der Waals surface area contributed by atoms with Crippen molar-refractivity contribution in [2.45, 2.75) is 63.1 Å². The van der Waals surface area contributed by atoms with Crippen LogP contribution < -0.4 is 5.32 Å². The Morgan fingerprint density at radius 3 is 2.84 bits per heavy atom. The molecule has 3 atom stereocenters. The Hall–Kier alpha value is -0.750. The third-order valence-corrected chi connectivity index (χ3v) is 5.74. The highest BCUT2D eigenvalue weighted by Crippen LogP contribution is 2.47. The number of hydrogen-bond acceptors (Lipinski definition) is 4. The van der Waals surface area contributed by atoms with Gasteiger partial charge in [-0.25, -0.2) is 0 Å². The number of nitrogens with one attached hydrogen (secondary N) is 1. The number of amides is 2. The molecule has 3 unspecified atom stereocenters. The van der Waals surface area contributed by atoms with Gasteiger partial charge in [-0.2, -0.15) is 0 Å². The number of carbonyl (C=O) groups excluding carboxylic acids is 2. The molecule has 2 aliphatic heterocycles. The Bertz CT molecular complexity index is 411. The van der Waals surface area contributed by atoms with Gasteiger partial charge in [0.1, 0.15) is 6.04 Å². The maximum absolute atomic E-state index is 12.4. The molecule has 2 amide bonds. The molecule has 19 heavy (non-hydrogen) atoms. The first-order chi connectivity index (χ1) is 8.67. The molecule has 0 radical (unpaired) electrons. The summed E-state index contributed by atoms with van der Waals surface area (Å²) >= 11 is 1.67. The van der Waals surface area contributed by atoms with Crippen molar-refractivity contribution >= 4 is 23.6 Å². The standard InChI is InChI=1S/C13H22N2O3S/c1-8(16)12(2,3)14-11(18)9-7-19-13(4)6-5-10(17)15(9)13/h8-9,16H,5-7H2,1-4H3,(H,14,18). The molecule has 2 fully saturated rings. The molecule has 6 heteroatoms. The number of hydrogen-bond donors (Lipinski definition) is 2. The summed E-state index contributed by atoms with van der Waals surface area (Å²) < 4.78 is 0. The second-order valence-corrected chi connectivity index (χ2v) is 7.65. The van der Waals surface area contributed by atoms with Crippen molar-refractivity contribution in [1.29, 1.82) is 0 Å². The summed E-state index contributed by atoms with van der Waals surface area (Å²) in [4.78, 5) is 25.8. The lowest BCUT2D eigenvalue weighted by atomic mass is 9.98. The van der Waals surface area contributed by atoms with Gasteiger partial charge in [0.2, 0.25) is 11.8 Å². The summed E-state index contributed by atoms with van der Waals surface area (Å²) in [6, 6.07) is -0.414. The van der Waals surface area contributed by atoms with Crippen LogP contribution in [0.15, 0.2) is 0 Å². The average molecular weight is 286 g/mol. The van der Waals surface area contributed by atoms with Crippen molar-refractivity contribution in [3.05, 3.63) is 0 Å². The summed E-state index contributed by atoms with van der Waals surface area (Å²) in [7, 11) is 0. The van der Waals surface area contributed by atoms with Gasteiger partial charge in [-0.1, -0.05) is 0 Å². The summed E-state index contributed by atoms with van der Waals surface area (Å²) in [6.45, 7) is 7.23. The van der Waals surface area contributed by atoms with Crippen LogP contribution in [0.25, 0.3) is 0 Å². The highest BCUT2D eigenvalue weighted by atomic mass is 32.2. The maximum atomic E-state index is 12.4. The zero-order valence-corrected chi connectivity index (χ0v) is 12.7. The van der Waals surface area contributed by atoms with E-state index in [0.29, 0.717) is 12.2 Å². The first-order valence-corrected chi connectivity index (χ1v) is 7.62. The van der Waals surface area contributed by atoms with Gasteiger partial charge in [0, 0.05) is 12.2 Å². The molecular weight excluding hydrogens is 264 g/mol. The number of rotatable bonds is 3. The van der Waals surface area contributed by atoms with Crippen LogP contribution in [0.3, 0.4) is 0 Å². The predicted molar refractivity (Wildman–Crippen MR) is 74.6 cm³/mol. The van der Waals surface area contributed by atoms with Crippen molar-refractivity contribution in [3.63, 3.8) is 0 Å². The van der Waals surface area contributed by atoms with E-state index in [1.165, 1.54) is 0 Å². The molecule has 0 aliphatic carbocycles. The lowest BCUT2D eigenvalue weighted by Crippen LogP contribution is -2.58. The molecule has 108 valence electrons. The zero-order chi connectivity index (χ0) is 14.4. The highest BCUT2D eigenvalue weighted by molar-refractivity contribution is 8.01. The van der Waals surface area contributed by atoms with Gasteiger partial charge in [0.05, 0.1) is 16.5 Å². The summed E-state index contributed by atoms with van der Waals surface area (Å²) in [5, 5.41) is 12.5. The van der Waals surface area contributed by atoms with Gasteiger partial charge in [0.15, 0.2) is 0 Å². The van der Waals surface area contributed by atoms with E-state index >= 15 is 0 Å². The van der Waals surface area contributed by atoms with Crippen LogP contribution in [0.4, 0.5) is 0 Å². The zero-order valence-electron chi connectivity index (χ0n) is 11.9. The molecule has 2 aliphatic rings. The van der Waals surface area contributed by atoms with Gasteiger partial charge in [0.25, 0.3) is 0 Å². The van der Waals surface area contributed by atoms with Crippen LogP contribution in [-0.2, 0) is 9.59 Å². The van der Waals surface area contributed by atoms with E-state index in [2.05, 4.69) is 5.32 Å². The van der Waals surface area contributed by atoms with Crippen LogP contribution in [0, 0.1) is 0 Å². The third kappa shape index (κ3) is 2.48. The van der Waals surface area contributed by atoms with E-state index < -0.39 is 17.7 Å². The van der Waals surface area contributed by atoms with Crippen molar-refractivity contribution in [2.24, 2.45) is 0 Å². The minimum absolute atomic E-state index is 0.0579. The molecule has 0 aromatic carbocycles. The quantitative estimate of drug-likeness (QED) is 0.802. The minimum Gasteiger partial charge on any atom is -0.391 e. The van der Waals surface area contributed by atoms with E-state index in [-0.39, 0.29) is 16.7 Å². The monoisotopic (exact) mass is 286 g/mol. The summed E-state index contributed by atoms with van der Waals surface area (Å²) in [5.74, 6) is 0.518. The molecule has 2 heterocycles. The second-order valence-electron chi connectivity index (χ2n) is 6.15. The number of fused-ring (bicyclic) bond motifs is 1. The molecule has 0 spiro atoms. The molecule has 2 saturated heterocycles. The van der Waals surface area contributed by atoms with Gasteiger partial charge in [-0.15, -0.1) is 11.8 Å². The Morgan fingerprint density at radius 2 is 2.26 bits per heavy atom. The highest BCUT2D eigenvalue weighted by Gasteiger charge is 2.53. The molecule has 0 aromatic rings. The largest absolute Gasteiger partial charge is 0.391 e. The predicted octanol–water partition coefficient (Wildman–Crippen LogP) is 0.716. The van der Waals surface area contributed by atoms with E-state index in [9.17, 15) is 14.7 Å². The molecule has 0 bridgehead atoms. The number of carbonyl (C=O) groups is 2. The normalized spacial score (nSPS) is 32.4. The summed E-state index contributed by atoms with van der Waals surface area (Å²) in [6.07, 6.45) is 0.679. The SMILES string of the molecule is CC(O)C(C)(C)NC(=O)C1CSC2(C)CCC(=O)N12. The molecular formula is C13H22N2O3S. The smallest absolute Gasteiger partial charge is 0.244 e. The Morgan fingerprint density at radius 1 is 1.63 bits per heavy atom. The first kappa shape index (κ1) is 14.7. The van der Waals surface area contributed by atoms with Crippen molar-refractivity contribution in [2.75, 3.05) is 5.75 Å². The first-order valence-electron chi connectivity index (χ1n) is 6.63. The van der Waals surface area contributed by atoms with Crippen LogP contribution >= 0.6 is 11.8 Å². The molecule has 0 aromatic heterocycles. The minimum atomic E-state index is -0.691. The van der Waals surface area contributed by atoms with Crippen LogP contribution in [-0.4, -0.2) is 50.1 Å². The van der Waals surface area contributed by atoms with Gasteiger partial charge in [-0.05, 0) is 34.1 Å². The molecule has 2 rings (SSSR count). The van der Waals surface area contributed by atoms with E-state index in [4.69, 9.17) is 0 Å². The van der Waals surface area contributed by atoms with Gasteiger partial charge >= 0.3 is 0 Å². The Labute approximate surface area is 118 Å². The molecule has 2 N–H and O–H groups in total. The average Bonchev–Trinajstić information content (AvgIpc) is 2.76. The van der Waals surface area contributed by atoms with Crippen molar-refractivity contribution < 1.29 is 14.7 Å². The van der Waals surface area contributed by atoms with Gasteiger partial charge < -0.3 is 15.3 Å². The molecule has 0 saturated carbocycles. The number of aliphatic hydroxyl groups excluding tert-OH is 1. The Kier molecular flexibility index (Phi) is 3.60. The van der Waals surface area contributed by atoms with E-state index in [1.807, 2.05) is 6.92 Å². The van der Waals surface area contributed by atoms with Crippen molar-refractivity contribution in [3.8, 4) is 0 Å². The van der Waals surface area contributed by atoms with Gasteiger partial charge in [-0.3, -0.25) is 9.59 Å². The number of aliphatic hydroxyl groups is 1. The Balaban J connectivity index is 2.11. The van der Waals surface area contributed by atoms with Crippen molar-refractivity contribution in [1.82, 2.24) is 10.2 Å². The maximum Gasteiger partial charge on any atom is 0.244 e.